The Morgan fingerprint density at radius 2 is 1.76 bits per heavy atom. The number of nitrogens with one attached hydrogen (secondary N) is 2. The van der Waals surface area contributed by atoms with Gasteiger partial charge in [-0.3, -0.25) is 4.79 Å². The summed E-state index contributed by atoms with van der Waals surface area (Å²) in [6, 6.07) is 13.1. The van der Waals surface area contributed by atoms with Gasteiger partial charge in [0.15, 0.2) is 0 Å². The van der Waals surface area contributed by atoms with Crippen LogP contribution in [0, 0.1) is 23.0 Å². The first-order valence-electron chi connectivity index (χ1n) is 8.98. The van der Waals surface area contributed by atoms with Crippen molar-refractivity contribution in [3.05, 3.63) is 71.3 Å². The summed E-state index contributed by atoms with van der Waals surface area (Å²) in [4.78, 5) is 24.5. The van der Waals surface area contributed by atoms with Crippen LogP contribution in [0.25, 0.3) is 0 Å². The topological polar surface area (TPSA) is 91.2 Å². The summed E-state index contributed by atoms with van der Waals surface area (Å²) in [6.07, 6.45) is -0.942. The van der Waals surface area contributed by atoms with E-state index in [1.54, 1.807) is 37.3 Å². The van der Waals surface area contributed by atoms with Gasteiger partial charge in [0.05, 0.1) is 6.07 Å². The number of halogens is 2. The number of ether oxygens (including phenoxy) is 1. The van der Waals surface area contributed by atoms with E-state index in [9.17, 15) is 18.4 Å². The lowest BCUT2D eigenvalue weighted by atomic mass is 9.92. The number of nitrogens with zero attached hydrogens (tertiary/aromatic N) is 1. The van der Waals surface area contributed by atoms with Crippen LogP contribution >= 0.6 is 0 Å². The van der Waals surface area contributed by atoms with Gasteiger partial charge < -0.3 is 15.4 Å². The van der Waals surface area contributed by atoms with Gasteiger partial charge in [0.2, 0.25) is 5.91 Å². The number of rotatable bonds is 8. The third-order valence-electron chi connectivity index (χ3n) is 4.24. The summed E-state index contributed by atoms with van der Waals surface area (Å²) in [7, 11) is 0. The Kier molecular flexibility index (Phi) is 8.10. The van der Waals surface area contributed by atoms with Crippen LogP contribution < -0.4 is 10.6 Å². The molecule has 2 aromatic carbocycles. The van der Waals surface area contributed by atoms with E-state index < -0.39 is 35.6 Å². The third-order valence-corrected chi connectivity index (χ3v) is 4.24. The molecule has 0 aliphatic carbocycles. The molecule has 6 nitrogen and oxygen atoms in total. The first-order valence-corrected chi connectivity index (χ1v) is 8.98. The fourth-order valence-corrected chi connectivity index (χ4v) is 2.84. The molecule has 1 unspecified atom stereocenters. The fourth-order valence-electron chi connectivity index (χ4n) is 2.84. The van der Waals surface area contributed by atoms with Crippen molar-refractivity contribution in [3.63, 3.8) is 0 Å². The van der Waals surface area contributed by atoms with Crippen molar-refractivity contribution in [3.8, 4) is 6.07 Å². The largest absolute Gasteiger partial charge is 0.445 e. The molecule has 0 saturated carbocycles. The maximum atomic E-state index is 14.0. The number of hydrogen-bond acceptors (Lipinski definition) is 4. The van der Waals surface area contributed by atoms with Gasteiger partial charge in [-0.25, -0.2) is 13.6 Å². The number of alkyl carbamates (subject to hydrolysis) is 1. The zero-order valence-electron chi connectivity index (χ0n) is 15.8. The molecular weight excluding hydrogens is 380 g/mol. The Hall–Kier alpha value is -3.47. The summed E-state index contributed by atoms with van der Waals surface area (Å²) >= 11 is 0. The van der Waals surface area contributed by atoms with Crippen molar-refractivity contribution in [2.75, 3.05) is 6.54 Å². The molecule has 2 rings (SSSR count). The molecule has 0 heterocycles. The number of hydrogen-bond donors (Lipinski definition) is 2. The average molecular weight is 401 g/mol. The quantitative estimate of drug-likeness (QED) is 0.664. The second kappa shape index (κ2) is 10.8. The van der Waals surface area contributed by atoms with E-state index in [1.165, 1.54) is 6.07 Å². The van der Waals surface area contributed by atoms with E-state index in [-0.39, 0.29) is 25.1 Å². The zero-order chi connectivity index (χ0) is 21.2. The summed E-state index contributed by atoms with van der Waals surface area (Å²) in [5.74, 6) is -2.84. The molecule has 0 fully saturated rings. The molecule has 2 N–H and O–H groups in total. The normalized spacial score (nSPS) is 12.3. The molecule has 2 amide bonds. The van der Waals surface area contributed by atoms with Gasteiger partial charge in [0.25, 0.3) is 0 Å². The van der Waals surface area contributed by atoms with E-state index in [4.69, 9.17) is 10.00 Å². The van der Waals surface area contributed by atoms with Crippen LogP contribution in [0.5, 0.6) is 0 Å². The van der Waals surface area contributed by atoms with Gasteiger partial charge in [0, 0.05) is 5.56 Å². The van der Waals surface area contributed by atoms with Crippen molar-refractivity contribution in [1.29, 1.82) is 5.26 Å². The van der Waals surface area contributed by atoms with Gasteiger partial charge in [-0.05, 0) is 30.0 Å². The molecule has 0 radical (unpaired) electrons. The average Bonchev–Trinajstić information content (AvgIpc) is 2.70. The fraction of sp³-hybridized carbons (Fsp3) is 0.286. The van der Waals surface area contributed by atoms with Crippen LogP contribution in [0.2, 0.25) is 0 Å². The Morgan fingerprint density at radius 1 is 1.10 bits per heavy atom. The van der Waals surface area contributed by atoms with Crippen LogP contribution in [0.3, 0.4) is 0 Å². The Bertz CT molecular complexity index is 864. The van der Waals surface area contributed by atoms with Crippen molar-refractivity contribution in [2.45, 2.75) is 31.9 Å². The van der Waals surface area contributed by atoms with Gasteiger partial charge in [0.1, 0.15) is 30.8 Å². The summed E-state index contributed by atoms with van der Waals surface area (Å²) in [6.45, 7) is 1.28. The number of amides is 2. The van der Waals surface area contributed by atoms with E-state index >= 15 is 0 Å². The minimum absolute atomic E-state index is 0.00327. The molecule has 0 aliphatic rings. The van der Waals surface area contributed by atoms with E-state index in [2.05, 4.69) is 10.6 Å². The standard InChI is InChI=1S/C21H21F2N3O3/c1-14(19-16(22)8-5-9-17(19)23)12-18(20(27)25-11-10-24)26-21(28)29-13-15-6-3-2-4-7-15/h2-9,14,18H,11-13H2,1H3,(H,25,27)(H,26,28)/t14?,18-/m0/s1. The molecule has 0 aliphatic heterocycles. The molecule has 152 valence electrons. The van der Waals surface area contributed by atoms with E-state index in [0.29, 0.717) is 0 Å². The van der Waals surface area contributed by atoms with Gasteiger partial charge >= 0.3 is 6.09 Å². The predicted molar refractivity (Wildman–Crippen MR) is 102 cm³/mol. The van der Waals surface area contributed by atoms with Crippen LogP contribution in [-0.2, 0) is 16.1 Å². The highest BCUT2D eigenvalue weighted by atomic mass is 19.1. The molecule has 8 heteroatoms. The van der Waals surface area contributed by atoms with Crippen LogP contribution in [0.15, 0.2) is 48.5 Å². The minimum Gasteiger partial charge on any atom is -0.445 e. The van der Waals surface area contributed by atoms with Gasteiger partial charge in [-0.1, -0.05) is 43.3 Å². The van der Waals surface area contributed by atoms with Crippen LogP contribution in [0.1, 0.15) is 30.4 Å². The lowest BCUT2D eigenvalue weighted by molar-refractivity contribution is -0.123. The van der Waals surface area contributed by atoms with Gasteiger partial charge in [-0.15, -0.1) is 0 Å². The second-order valence-electron chi connectivity index (χ2n) is 6.41. The van der Waals surface area contributed by atoms with E-state index in [0.717, 1.165) is 17.7 Å². The molecule has 0 spiro atoms. The highest BCUT2D eigenvalue weighted by Crippen LogP contribution is 2.26. The maximum absolute atomic E-state index is 14.0. The molecule has 29 heavy (non-hydrogen) atoms. The number of carbonyl (C=O) groups is 2. The molecule has 0 aromatic heterocycles. The minimum atomic E-state index is -1.14. The second-order valence-corrected chi connectivity index (χ2v) is 6.41. The van der Waals surface area contributed by atoms with Crippen LogP contribution in [0.4, 0.5) is 13.6 Å². The third kappa shape index (κ3) is 6.57. The molecule has 2 aromatic rings. The van der Waals surface area contributed by atoms with Crippen molar-refractivity contribution < 1.29 is 23.1 Å². The molecular formula is C21H21F2N3O3. The predicted octanol–water partition coefficient (Wildman–Crippen LogP) is 3.39. The smallest absolute Gasteiger partial charge is 0.408 e. The van der Waals surface area contributed by atoms with Crippen molar-refractivity contribution >= 4 is 12.0 Å². The van der Waals surface area contributed by atoms with Crippen molar-refractivity contribution in [2.24, 2.45) is 0 Å². The highest BCUT2D eigenvalue weighted by Gasteiger charge is 2.26. The summed E-state index contributed by atoms with van der Waals surface area (Å²) in [5.41, 5.74) is 0.583. The molecule has 2 atom stereocenters. The van der Waals surface area contributed by atoms with E-state index in [1.807, 2.05) is 6.07 Å². The number of benzene rings is 2. The molecule has 0 bridgehead atoms. The SMILES string of the molecule is CC(C[C@H](NC(=O)OCc1ccccc1)C(=O)NCC#N)c1c(F)cccc1F. The summed E-state index contributed by atoms with van der Waals surface area (Å²) in [5, 5.41) is 13.4. The summed E-state index contributed by atoms with van der Waals surface area (Å²) < 4.78 is 33.2. The first kappa shape index (κ1) is 21.8. The zero-order valence-corrected chi connectivity index (χ0v) is 15.8. The lowest BCUT2D eigenvalue weighted by Crippen LogP contribution is -2.47. The van der Waals surface area contributed by atoms with Crippen molar-refractivity contribution in [1.82, 2.24) is 10.6 Å². The number of carbonyl (C=O) groups excluding carboxylic acids is 2. The lowest BCUT2D eigenvalue weighted by Gasteiger charge is -2.22. The maximum Gasteiger partial charge on any atom is 0.408 e. The highest BCUT2D eigenvalue weighted by molar-refractivity contribution is 5.85. The Morgan fingerprint density at radius 3 is 2.38 bits per heavy atom. The Labute approximate surface area is 167 Å². The van der Waals surface area contributed by atoms with Crippen LogP contribution in [-0.4, -0.2) is 24.6 Å². The molecule has 0 saturated heterocycles. The number of nitriles is 1. The first-order chi connectivity index (χ1) is 13.9. The Balaban J connectivity index is 2.07. The monoisotopic (exact) mass is 401 g/mol. The van der Waals surface area contributed by atoms with Gasteiger partial charge in [-0.2, -0.15) is 5.26 Å².